The zero-order valence-corrected chi connectivity index (χ0v) is 10.2. The van der Waals surface area contributed by atoms with Crippen LogP contribution in [0.3, 0.4) is 0 Å². The average Bonchev–Trinajstić information content (AvgIpc) is 2.23. The van der Waals surface area contributed by atoms with Crippen molar-refractivity contribution in [3.8, 4) is 0 Å². The summed E-state index contributed by atoms with van der Waals surface area (Å²) in [5.41, 5.74) is 0. The lowest BCUT2D eigenvalue weighted by Gasteiger charge is -2.35. The number of anilines is 1. The van der Waals surface area contributed by atoms with E-state index in [0.717, 1.165) is 25.3 Å². The van der Waals surface area contributed by atoms with Crippen LogP contribution >= 0.6 is 23.2 Å². The molecule has 0 aromatic carbocycles. The molecule has 15 heavy (non-hydrogen) atoms. The van der Waals surface area contributed by atoms with Gasteiger partial charge < -0.3 is 4.90 Å². The summed E-state index contributed by atoms with van der Waals surface area (Å²) in [7, 11) is 0. The number of aromatic nitrogens is 1. The molecule has 2 rings (SSSR count). The van der Waals surface area contributed by atoms with Gasteiger partial charge >= 0.3 is 0 Å². The first-order chi connectivity index (χ1) is 7.18. The van der Waals surface area contributed by atoms with E-state index >= 15 is 0 Å². The highest BCUT2D eigenvalue weighted by atomic mass is 35.5. The van der Waals surface area contributed by atoms with Crippen molar-refractivity contribution < 1.29 is 0 Å². The maximum Gasteiger partial charge on any atom is 0.147 e. The minimum Gasteiger partial charge on any atom is -0.354 e. The van der Waals surface area contributed by atoms with Crippen molar-refractivity contribution in [2.45, 2.75) is 18.7 Å². The summed E-state index contributed by atoms with van der Waals surface area (Å²) in [6.45, 7) is 4.01. The van der Waals surface area contributed by atoms with Gasteiger partial charge in [-0.3, -0.25) is 0 Å². The van der Waals surface area contributed by atoms with Gasteiger partial charge in [-0.2, -0.15) is 0 Å². The van der Waals surface area contributed by atoms with Crippen LogP contribution in [0.15, 0.2) is 18.3 Å². The molecule has 2 nitrogen and oxygen atoms in total. The first-order valence-electron chi connectivity index (χ1n) is 5.18. The zero-order valence-electron chi connectivity index (χ0n) is 8.66. The quantitative estimate of drug-likeness (QED) is 0.706. The molecule has 1 aromatic rings. The Morgan fingerprint density at radius 2 is 2.33 bits per heavy atom. The van der Waals surface area contributed by atoms with Gasteiger partial charge in [-0.15, -0.1) is 11.6 Å². The molecule has 0 bridgehead atoms. The fourth-order valence-corrected chi connectivity index (χ4v) is 2.36. The predicted molar refractivity (Wildman–Crippen MR) is 64.9 cm³/mol. The topological polar surface area (TPSA) is 16.1 Å². The summed E-state index contributed by atoms with van der Waals surface area (Å²) in [6, 6.07) is 3.71. The standard InChI is InChI=1S/C11H14Cl2N2/c1-8-4-6-15(7-10(8)13)11-9(12)3-2-5-14-11/h2-3,5,8,10H,4,6-7H2,1H3. The molecular weight excluding hydrogens is 231 g/mol. The highest BCUT2D eigenvalue weighted by Gasteiger charge is 2.25. The molecule has 1 aliphatic heterocycles. The second-order valence-electron chi connectivity index (χ2n) is 4.04. The summed E-state index contributed by atoms with van der Waals surface area (Å²) in [6.07, 6.45) is 2.86. The summed E-state index contributed by atoms with van der Waals surface area (Å²) in [4.78, 5) is 6.46. The minimum atomic E-state index is 0.192. The van der Waals surface area contributed by atoms with E-state index in [9.17, 15) is 0 Å². The third-order valence-electron chi connectivity index (χ3n) is 2.91. The molecule has 1 aromatic heterocycles. The number of rotatable bonds is 1. The van der Waals surface area contributed by atoms with Crippen molar-refractivity contribution in [1.29, 1.82) is 0 Å². The monoisotopic (exact) mass is 244 g/mol. The van der Waals surface area contributed by atoms with Crippen molar-refractivity contribution in [3.63, 3.8) is 0 Å². The average molecular weight is 245 g/mol. The van der Waals surface area contributed by atoms with Crippen LogP contribution in [0.4, 0.5) is 5.82 Å². The molecule has 0 aliphatic carbocycles. The van der Waals surface area contributed by atoms with Crippen LogP contribution in [0.1, 0.15) is 13.3 Å². The molecule has 0 amide bonds. The Labute approximate surface area is 100 Å². The Morgan fingerprint density at radius 3 is 3.00 bits per heavy atom. The lowest BCUT2D eigenvalue weighted by Crippen LogP contribution is -2.40. The molecule has 2 atom stereocenters. The highest BCUT2D eigenvalue weighted by molar-refractivity contribution is 6.33. The maximum absolute atomic E-state index is 6.25. The number of pyridine rings is 1. The Balaban J connectivity index is 2.15. The zero-order chi connectivity index (χ0) is 10.8. The van der Waals surface area contributed by atoms with Gasteiger partial charge in [0.25, 0.3) is 0 Å². The van der Waals surface area contributed by atoms with E-state index in [1.54, 1.807) is 6.20 Å². The van der Waals surface area contributed by atoms with Crippen molar-refractivity contribution >= 4 is 29.0 Å². The molecule has 0 spiro atoms. The second-order valence-corrected chi connectivity index (χ2v) is 5.00. The van der Waals surface area contributed by atoms with Crippen LogP contribution in [-0.2, 0) is 0 Å². The fourth-order valence-electron chi connectivity index (χ4n) is 1.82. The van der Waals surface area contributed by atoms with Gasteiger partial charge in [-0.1, -0.05) is 18.5 Å². The van der Waals surface area contributed by atoms with Gasteiger partial charge in [-0.05, 0) is 24.5 Å². The van der Waals surface area contributed by atoms with E-state index in [0.29, 0.717) is 10.9 Å². The van der Waals surface area contributed by atoms with Gasteiger partial charge in [0.1, 0.15) is 5.82 Å². The summed E-state index contributed by atoms with van der Waals surface area (Å²) < 4.78 is 0. The van der Waals surface area contributed by atoms with Crippen LogP contribution < -0.4 is 4.90 Å². The lowest BCUT2D eigenvalue weighted by molar-refractivity contribution is 0.444. The number of piperidine rings is 1. The molecule has 1 saturated heterocycles. The molecular formula is C11H14Cl2N2. The maximum atomic E-state index is 6.25. The number of halogens is 2. The molecule has 2 heterocycles. The van der Waals surface area contributed by atoms with E-state index < -0.39 is 0 Å². The molecule has 1 fully saturated rings. The van der Waals surface area contributed by atoms with Gasteiger partial charge in [-0.25, -0.2) is 4.98 Å². The van der Waals surface area contributed by atoms with E-state index in [1.165, 1.54) is 0 Å². The number of hydrogen-bond donors (Lipinski definition) is 0. The largest absolute Gasteiger partial charge is 0.354 e. The van der Waals surface area contributed by atoms with Gasteiger partial charge in [0.05, 0.1) is 10.4 Å². The van der Waals surface area contributed by atoms with Crippen LogP contribution in [0.5, 0.6) is 0 Å². The van der Waals surface area contributed by atoms with Gasteiger partial charge in [0.15, 0.2) is 0 Å². The molecule has 0 saturated carbocycles. The van der Waals surface area contributed by atoms with Crippen LogP contribution in [0, 0.1) is 5.92 Å². The van der Waals surface area contributed by atoms with E-state index in [-0.39, 0.29) is 5.38 Å². The third-order valence-corrected chi connectivity index (χ3v) is 3.77. The summed E-state index contributed by atoms with van der Waals surface area (Å²) in [5.74, 6) is 1.43. The van der Waals surface area contributed by atoms with E-state index in [2.05, 4.69) is 16.8 Å². The van der Waals surface area contributed by atoms with Crippen molar-refractivity contribution in [3.05, 3.63) is 23.4 Å². The van der Waals surface area contributed by atoms with Crippen LogP contribution in [-0.4, -0.2) is 23.5 Å². The lowest BCUT2D eigenvalue weighted by atomic mass is 9.99. The first-order valence-corrected chi connectivity index (χ1v) is 5.99. The van der Waals surface area contributed by atoms with Crippen molar-refractivity contribution in [1.82, 2.24) is 4.98 Å². The summed E-state index contributed by atoms with van der Waals surface area (Å²) >= 11 is 12.3. The normalized spacial score (nSPS) is 26.7. The third kappa shape index (κ3) is 2.37. The van der Waals surface area contributed by atoms with Crippen molar-refractivity contribution in [2.75, 3.05) is 18.0 Å². The Kier molecular flexibility index (Phi) is 3.37. The molecule has 2 unspecified atom stereocenters. The minimum absolute atomic E-state index is 0.192. The van der Waals surface area contributed by atoms with Crippen molar-refractivity contribution in [2.24, 2.45) is 5.92 Å². The smallest absolute Gasteiger partial charge is 0.147 e. The van der Waals surface area contributed by atoms with Gasteiger partial charge in [0, 0.05) is 19.3 Å². The Hall–Kier alpha value is -0.470. The number of hydrogen-bond acceptors (Lipinski definition) is 2. The summed E-state index contributed by atoms with van der Waals surface area (Å²) in [5, 5.41) is 0.896. The van der Waals surface area contributed by atoms with E-state index in [1.807, 2.05) is 12.1 Å². The number of alkyl halides is 1. The van der Waals surface area contributed by atoms with Crippen LogP contribution in [0.2, 0.25) is 5.02 Å². The molecule has 0 N–H and O–H groups in total. The highest BCUT2D eigenvalue weighted by Crippen LogP contribution is 2.29. The predicted octanol–water partition coefficient (Wildman–Crippen LogP) is 3.19. The molecule has 1 aliphatic rings. The van der Waals surface area contributed by atoms with Gasteiger partial charge in [0.2, 0.25) is 0 Å². The Bertz CT molecular complexity index is 343. The van der Waals surface area contributed by atoms with E-state index in [4.69, 9.17) is 23.2 Å². The Morgan fingerprint density at radius 1 is 1.53 bits per heavy atom. The SMILES string of the molecule is CC1CCN(c2ncccc2Cl)CC1Cl. The number of nitrogens with zero attached hydrogens (tertiary/aromatic N) is 2. The van der Waals surface area contributed by atoms with Crippen LogP contribution in [0.25, 0.3) is 0 Å². The molecule has 82 valence electrons. The second kappa shape index (κ2) is 4.58. The molecule has 4 heteroatoms. The molecule has 0 radical (unpaired) electrons. The fraction of sp³-hybridized carbons (Fsp3) is 0.545. The first kappa shape index (κ1) is 11.0.